The molecule has 0 aliphatic rings. The van der Waals surface area contributed by atoms with Crippen molar-refractivity contribution in [3.05, 3.63) is 0 Å². The molecule has 0 saturated heterocycles. The van der Waals surface area contributed by atoms with E-state index in [1.807, 2.05) is 0 Å². The average molecular weight is 779 g/mol. The molecule has 0 aliphatic heterocycles. The fourth-order valence-electron chi connectivity index (χ4n) is 0. The van der Waals surface area contributed by atoms with E-state index in [0.717, 1.165) is 0 Å². The van der Waals surface area contributed by atoms with Gasteiger partial charge in [-0.25, -0.2) is 4.79 Å². The molecule has 0 unspecified atom stereocenters. The SMILES string of the molecule is O=C(O)O.[SrH2].[SrH2].[SrH2].[SrH2].[SrH2].[SrH2].[SrH2].[SrH2]. The van der Waals surface area contributed by atoms with Crippen LogP contribution in [0.5, 0.6) is 0 Å². The van der Waals surface area contributed by atoms with Gasteiger partial charge in [0.2, 0.25) is 0 Å². The first-order chi connectivity index (χ1) is 1.73. The summed E-state index contributed by atoms with van der Waals surface area (Å²) in [6.45, 7) is 0. The summed E-state index contributed by atoms with van der Waals surface area (Å²) in [4.78, 5) is 8.56. The fraction of sp³-hybridized carbons (Fsp3) is 0. The maximum atomic E-state index is 8.56. The number of carbonyl (C=O) groups is 1. The van der Waals surface area contributed by atoms with Crippen molar-refractivity contribution >= 4 is 370 Å². The summed E-state index contributed by atoms with van der Waals surface area (Å²) in [5, 5.41) is 13.9. The first-order valence-electron chi connectivity index (χ1n) is 0.651. The zero-order chi connectivity index (χ0) is 3.58. The van der Waals surface area contributed by atoms with Crippen LogP contribution < -0.4 is 0 Å². The van der Waals surface area contributed by atoms with Gasteiger partial charge in [0.25, 0.3) is 0 Å². The van der Waals surface area contributed by atoms with E-state index in [1.165, 1.54) is 0 Å². The van der Waals surface area contributed by atoms with Crippen LogP contribution in [0.4, 0.5) is 4.79 Å². The zero-order valence-corrected chi connectivity index (χ0v) is 1.80. The van der Waals surface area contributed by atoms with Crippen molar-refractivity contribution < 1.29 is 15.0 Å². The van der Waals surface area contributed by atoms with Gasteiger partial charge in [0.1, 0.15) is 0 Å². The second-order valence-electron chi connectivity index (χ2n) is 0.283. The second kappa shape index (κ2) is 49.5. The van der Waals surface area contributed by atoms with Crippen LogP contribution >= 0.6 is 0 Å². The fourth-order valence-corrected chi connectivity index (χ4v) is 0. The molecule has 0 aliphatic carbocycles. The molecular formula is CH18O3Sr8. The van der Waals surface area contributed by atoms with Gasteiger partial charge >= 0.3 is 370 Å². The van der Waals surface area contributed by atoms with E-state index in [-0.39, 0.29) is 364 Å². The molecule has 0 spiro atoms. The van der Waals surface area contributed by atoms with E-state index in [1.54, 1.807) is 0 Å². The molecule has 56 valence electrons. The van der Waals surface area contributed by atoms with Crippen LogP contribution in [0.1, 0.15) is 0 Å². The molecule has 0 atom stereocenters. The molecule has 0 heterocycles. The molecule has 12 heavy (non-hydrogen) atoms. The summed E-state index contributed by atoms with van der Waals surface area (Å²) >= 11 is 0. The van der Waals surface area contributed by atoms with Crippen LogP contribution in [0.15, 0.2) is 0 Å². The Hall–Kier alpha value is 11.1. The third kappa shape index (κ3) is 69.2. The van der Waals surface area contributed by atoms with Crippen molar-refractivity contribution in [3.8, 4) is 0 Å². The van der Waals surface area contributed by atoms with Crippen molar-refractivity contribution in [3.63, 3.8) is 0 Å². The van der Waals surface area contributed by atoms with Crippen LogP contribution in [-0.4, -0.2) is 380 Å². The van der Waals surface area contributed by atoms with Gasteiger partial charge in [0.15, 0.2) is 0 Å². The zero-order valence-electron chi connectivity index (χ0n) is 1.80. The molecule has 0 bridgehead atoms. The van der Waals surface area contributed by atoms with E-state index in [9.17, 15) is 0 Å². The first-order valence-corrected chi connectivity index (χ1v) is 0.651. The summed E-state index contributed by atoms with van der Waals surface area (Å²) in [7, 11) is 0. The Morgan fingerprint density at radius 1 is 0.583 bits per heavy atom. The van der Waals surface area contributed by atoms with Gasteiger partial charge in [0.05, 0.1) is 0 Å². The van der Waals surface area contributed by atoms with Crippen molar-refractivity contribution in [1.82, 2.24) is 0 Å². The molecule has 0 radical (unpaired) electrons. The minimum absolute atomic E-state index is 0. The predicted octanol–water partition coefficient (Wildman–Crippen LogP) is -7.11. The molecule has 0 rings (SSSR count). The Balaban J connectivity index is -0.00000000161. The molecule has 0 fully saturated rings. The van der Waals surface area contributed by atoms with Crippen molar-refractivity contribution in [2.45, 2.75) is 0 Å². The topological polar surface area (TPSA) is 57.5 Å². The van der Waals surface area contributed by atoms with Gasteiger partial charge in [-0.3, -0.25) is 0 Å². The summed E-state index contributed by atoms with van der Waals surface area (Å²) in [5.41, 5.74) is 0. The Bertz CT molecular complexity index is 37.3. The van der Waals surface area contributed by atoms with Crippen LogP contribution in [0, 0.1) is 0 Å². The molecule has 0 aromatic carbocycles. The maximum absolute atomic E-state index is 8.56. The number of hydrogen-bond acceptors (Lipinski definition) is 1. The normalized spacial score (nSPS) is 2.00. The molecule has 0 saturated carbocycles. The molecular weight excluding hydrogens is 761 g/mol. The van der Waals surface area contributed by atoms with E-state index in [0.29, 0.717) is 0 Å². The van der Waals surface area contributed by atoms with E-state index < -0.39 is 6.16 Å². The van der Waals surface area contributed by atoms with Crippen LogP contribution in [0.25, 0.3) is 0 Å². The van der Waals surface area contributed by atoms with E-state index >= 15 is 0 Å². The van der Waals surface area contributed by atoms with Gasteiger partial charge in [-0.1, -0.05) is 0 Å². The Morgan fingerprint density at radius 3 is 0.583 bits per heavy atom. The standard InChI is InChI=1S/CH2O3.8Sr.16H/c2-1(3)4;;;;;;;;;;;;;;;;;;;;;;;;/h(H2,2,3,4);;;;;;;;;;;;;;;;;;;;;;;;. The molecule has 11 heteroatoms. The van der Waals surface area contributed by atoms with Crippen molar-refractivity contribution in [1.29, 1.82) is 0 Å². The summed E-state index contributed by atoms with van der Waals surface area (Å²) in [6.07, 6.45) is -1.83. The van der Waals surface area contributed by atoms with Crippen molar-refractivity contribution in [2.24, 2.45) is 0 Å². The molecule has 3 nitrogen and oxygen atoms in total. The van der Waals surface area contributed by atoms with Gasteiger partial charge in [-0.2, -0.15) is 0 Å². The van der Waals surface area contributed by atoms with Crippen LogP contribution in [-0.2, 0) is 0 Å². The Labute approximate surface area is 370 Å². The predicted molar refractivity (Wildman–Crippen MR) is 79.0 cm³/mol. The molecule has 2 N–H and O–H groups in total. The third-order valence-electron chi connectivity index (χ3n) is 0. The van der Waals surface area contributed by atoms with Crippen LogP contribution in [0.3, 0.4) is 0 Å². The van der Waals surface area contributed by atoms with Crippen molar-refractivity contribution in [2.75, 3.05) is 0 Å². The number of rotatable bonds is 0. The van der Waals surface area contributed by atoms with Gasteiger partial charge in [0, 0.05) is 0 Å². The number of hydrogen-bond donors (Lipinski definition) is 2. The Morgan fingerprint density at radius 2 is 0.583 bits per heavy atom. The molecule has 0 aromatic rings. The quantitative estimate of drug-likeness (QED) is 0.241. The second-order valence-corrected chi connectivity index (χ2v) is 0.283. The van der Waals surface area contributed by atoms with Gasteiger partial charge < -0.3 is 10.2 Å². The minimum atomic E-state index is -1.83. The summed E-state index contributed by atoms with van der Waals surface area (Å²) in [6, 6.07) is 0. The van der Waals surface area contributed by atoms with E-state index in [2.05, 4.69) is 0 Å². The monoisotopic (exact) mass is 781 g/mol. The van der Waals surface area contributed by atoms with Crippen LogP contribution in [0.2, 0.25) is 0 Å². The average Bonchev–Trinajstić information content (AvgIpc) is 0.811. The number of carboxylic acid groups (broad SMARTS) is 2. The summed E-state index contributed by atoms with van der Waals surface area (Å²) in [5.74, 6) is 0. The Kier molecular flexibility index (Phi) is 234. The van der Waals surface area contributed by atoms with Gasteiger partial charge in [-0.15, -0.1) is 0 Å². The summed E-state index contributed by atoms with van der Waals surface area (Å²) < 4.78 is 0. The van der Waals surface area contributed by atoms with E-state index in [4.69, 9.17) is 15.0 Å². The molecule has 0 amide bonds. The van der Waals surface area contributed by atoms with Gasteiger partial charge in [-0.05, 0) is 0 Å². The molecule has 0 aromatic heterocycles. The first kappa shape index (κ1) is 56.7. The third-order valence-corrected chi connectivity index (χ3v) is 0.